The van der Waals surface area contributed by atoms with Gasteiger partial charge in [-0.3, -0.25) is 4.79 Å². The Bertz CT molecular complexity index is 761. The Morgan fingerprint density at radius 1 is 1.33 bits per heavy atom. The van der Waals surface area contributed by atoms with Crippen molar-refractivity contribution < 1.29 is 14.3 Å². The highest BCUT2D eigenvalue weighted by molar-refractivity contribution is 5.95. The third kappa shape index (κ3) is 3.18. The number of nitrogens with zero attached hydrogens (tertiary/aromatic N) is 3. The van der Waals surface area contributed by atoms with Crippen LogP contribution >= 0.6 is 0 Å². The normalized spacial score (nSPS) is 13.7. The van der Waals surface area contributed by atoms with Gasteiger partial charge in [0.15, 0.2) is 0 Å². The van der Waals surface area contributed by atoms with E-state index in [1.807, 2.05) is 38.1 Å². The maximum atomic E-state index is 13.0. The average molecular weight is 327 g/mol. The lowest BCUT2D eigenvalue weighted by atomic mass is 10.1. The Morgan fingerprint density at radius 3 is 2.92 bits per heavy atom. The lowest BCUT2D eigenvalue weighted by Gasteiger charge is -2.21. The summed E-state index contributed by atoms with van der Waals surface area (Å²) >= 11 is 0. The van der Waals surface area contributed by atoms with E-state index in [4.69, 9.17) is 9.47 Å². The number of aromatic nitrogens is 2. The van der Waals surface area contributed by atoms with Crippen molar-refractivity contribution in [1.82, 2.24) is 15.1 Å². The van der Waals surface area contributed by atoms with Crippen LogP contribution in [-0.2, 0) is 13.0 Å². The van der Waals surface area contributed by atoms with Gasteiger partial charge < -0.3 is 14.4 Å². The van der Waals surface area contributed by atoms with Crippen LogP contribution in [0.3, 0.4) is 0 Å². The molecule has 3 rings (SSSR count). The van der Waals surface area contributed by atoms with Crippen molar-refractivity contribution >= 4 is 5.91 Å². The predicted octanol–water partition coefficient (Wildman–Crippen LogP) is 2.39. The monoisotopic (exact) mass is 327 g/mol. The first-order chi connectivity index (χ1) is 11.6. The van der Waals surface area contributed by atoms with E-state index in [0.717, 1.165) is 28.5 Å². The zero-order valence-electron chi connectivity index (χ0n) is 14.2. The van der Waals surface area contributed by atoms with E-state index in [2.05, 4.69) is 10.2 Å². The first kappa shape index (κ1) is 16.2. The topological polar surface area (TPSA) is 64.6 Å². The molecule has 0 spiro atoms. The lowest BCUT2D eigenvalue weighted by Crippen LogP contribution is -2.33. The molecule has 0 saturated carbocycles. The van der Waals surface area contributed by atoms with Gasteiger partial charge in [0.05, 0.1) is 30.6 Å². The lowest BCUT2D eigenvalue weighted by molar-refractivity contribution is 0.0731. The molecular weight excluding hydrogens is 306 g/mol. The van der Waals surface area contributed by atoms with Gasteiger partial charge in [0.25, 0.3) is 5.91 Å². The van der Waals surface area contributed by atoms with Crippen LogP contribution in [0.5, 0.6) is 11.5 Å². The number of methoxy groups -OCH3 is 1. The summed E-state index contributed by atoms with van der Waals surface area (Å²) in [4.78, 5) is 14.8. The van der Waals surface area contributed by atoms with Crippen molar-refractivity contribution in [2.45, 2.75) is 26.8 Å². The fraction of sp³-hybridized carbons (Fsp3) is 0.389. The maximum Gasteiger partial charge on any atom is 0.256 e. The second-order valence-corrected chi connectivity index (χ2v) is 5.75. The molecule has 126 valence electrons. The van der Waals surface area contributed by atoms with Gasteiger partial charge in [-0.05, 0) is 31.5 Å². The van der Waals surface area contributed by atoms with Gasteiger partial charge in [-0.2, -0.15) is 10.2 Å². The minimum Gasteiger partial charge on any atom is -0.497 e. The molecule has 1 aliphatic heterocycles. The van der Waals surface area contributed by atoms with Gasteiger partial charge in [-0.25, -0.2) is 0 Å². The van der Waals surface area contributed by atoms with Crippen LogP contribution in [0.4, 0.5) is 0 Å². The van der Waals surface area contributed by atoms with E-state index in [1.54, 1.807) is 12.0 Å². The molecular formula is C18H21N3O3. The van der Waals surface area contributed by atoms with Crippen LogP contribution in [0.1, 0.15) is 34.2 Å². The van der Waals surface area contributed by atoms with Crippen LogP contribution in [0.2, 0.25) is 0 Å². The summed E-state index contributed by atoms with van der Waals surface area (Å²) in [6, 6.07) is 7.50. The standard InChI is InChI=1S/C18H21N3O3/c1-4-16-15(9-12(2)19-20-16)18(22)21-7-8-24-17-10-14(23-3)6-5-13(17)11-21/h5-6,9-10H,4,7-8,11H2,1-3H3. The summed E-state index contributed by atoms with van der Waals surface area (Å²) in [5, 5.41) is 8.21. The largest absolute Gasteiger partial charge is 0.497 e. The minimum atomic E-state index is -0.0304. The number of carbonyl (C=O) groups is 1. The summed E-state index contributed by atoms with van der Waals surface area (Å²) in [6.07, 6.45) is 0.673. The average Bonchev–Trinajstić information content (AvgIpc) is 2.82. The number of carbonyl (C=O) groups excluding carboxylic acids is 1. The van der Waals surface area contributed by atoms with Gasteiger partial charge in [0.1, 0.15) is 18.1 Å². The molecule has 1 aromatic carbocycles. The molecule has 24 heavy (non-hydrogen) atoms. The predicted molar refractivity (Wildman–Crippen MR) is 89.4 cm³/mol. The van der Waals surface area contributed by atoms with Gasteiger partial charge in [-0.15, -0.1) is 0 Å². The zero-order chi connectivity index (χ0) is 17.1. The smallest absolute Gasteiger partial charge is 0.256 e. The number of fused-ring (bicyclic) bond motifs is 1. The van der Waals surface area contributed by atoms with E-state index in [1.165, 1.54) is 0 Å². The fourth-order valence-electron chi connectivity index (χ4n) is 2.78. The SMILES string of the molecule is CCc1nnc(C)cc1C(=O)N1CCOc2cc(OC)ccc2C1. The highest BCUT2D eigenvalue weighted by atomic mass is 16.5. The molecule has 1 aliphatic rings. The van der Waals surface area contributed by atoms with Crippen LogP contribution in [0.15, 0.2) is 24.3 Å². The van der Waals surface area contributed by atoms with Gasteiger partial charge >= 0.3 is 0 Å². The molecule has 1 amide bonds. The summed E-state index contributed by atoms with van der Waals surface area (Å²) in [7, 11) is 1.62. The Labute approximate surface area is 141 Å². The van der Waals surface area contributed by atoms with Gasteiger partial charge in [0, 0.05) is 18.2 Å². The quantitative estimate of drug-likeness (QED) is 0.866. The van der Waals surface area contributed by atoms with Crippen molar-refractivity contribution in [2.75, 3.05) is 20.3 Å². The van der Waals surface area contributed by atoms with Crippen molar-refractivity contribution in [1.29, 1.82) is 0 Å². The third-order valence-electron chi connectivity index (χ3n) is 4.10. The molecule has 0 atom stereocenters. The zero-order valence-corrected chi connectivity index (χ0v) is 14.2. The second kappa shape index (κ2) is 6.86. The van der Waals surface area contributed by atoms with Gasteiger partial charge in [-0.1, -0.05) is 6.92 Å². The molecule has 0 bridgehead atoms. The maximum absolute atomic E-state index is 13.0. The molecule has 6 nitrogen and oxygen atoms in total. The number of hydrogen-bond acceptors (Lipinski definition) is 5. The van der Waals surface area contributed by atoms with Crippen molar-refractivity contribution in [3.63, 3.8) is 0 Å². The molecule has 0 radical (unpaired) electrons. The molecule has 6 heteroatoms. The Morgan fingerprint density at radius 2 is 2.17 bits per heavy atom. The Kier molecular flexibility index (Phi) is 4.64. The number of benzene rings is 1. The summed E-state index contributed by atoms with van der Waals surface area (Å²) in [5.41, 5.74) is 3.07. The number of aryl methyl sites for hydroxylation is 2. The van der Waals surface area contributed by atoms with E-state index < -0.39 is 0 Å². The highest BCUT2D eigenvalue weighted by Gasteiger charge is 2.23. The molecule has 0 N–H and O–H groups in total. The Balaban J connectivity index is 1.89. The summed E-state index contributed by atoms with van der Waals surface area (Å²) < 4.78 is 11.0. The molecule has 2 aromatic rings. The van der Waals surface area contributed by atoms with Crippen molar-refractivity contribution in [3.8, 4) is 11.5 Å². The van der Waals surface area contributed by atoms with E-state index in [0.29, 0.717) is 31.7 Å². The van der Waals surface area contributed by atoms with Crippen molar-refractivity contribution in [3.05, 3.63) is 46.8 Å². The summed E-state index contributed by atoms with van der Waals surface area (Å²) in [6.45, 7) is 5.30. The van der Waals surface area contributed by atoms with Crippen LogP contribution in [-0.4, -0.2) is 41.3 Å². The van der Waals surface area contributed by atoms with Crippen LogP contribution in [0.25, 0.3) is 0 Å². The van der Waals surface area contributed by atoms with E-state index in [9.17, 15) is 4.79 Å². The number of rotatable bonds is 3. The number of hydrogen-bond donors (Lipinski definition) is 0. The minimum absolute atomic E-state index is 0.0304. The second-order valence-electron chi connectivity index (χ2n) is 5.75. The highest BCUT2D eigenvalue weighted by Crippen LogP contribution is 2.28. The number of amides is 1. The molecule has 2 heterocycles. The first-order valence-corrected chi connectivity index (χ1v) is 8.04. The molecule has 0 fully saturated rings. The summed E-state index contributed by atoms with van der Waals surface area (Å²) in [5.74, 6) is 1.48. The molecule has 0 unspecified atom stereocenters. The molecule has 0 saturated heterocycles. The number of ether oxygens (including phenoxy) is 2. The van der Waals surface area contributed by atoms with Crippen LogP contribution < -0.4 is 9.47 Å². The fourth-order valence-corrected chi connectivity index (χ4v) is 2.78. The molecule has 0 aliphatic carbocycles. The first-order valence-electron chi connectivity index (χ1n) is 8.04. The van der Waals surface area contributed by atoms with E-state index >= 15 is 0 Å². The molecule has 1 aromatic heterocycles. The van der Waals surface area contributed by atoms with Crippen molar-refractivity contribution in [2.24, 2.45) is 0 Å². The van der Waals surface area contributed by atoms with E-state index in [-0.39, 0.29) is 5.91 Å². The van der Waals surface area contributed by atoms with Crippen LogP contribution in [0, 0.1) is 6.92 Å². The Hall–Kier alpha value is -2.63. The third-order valence-corrected chi connectivity index (χ3v) is 4.10. The van der Waals surface area contributed by atoms with Gasteiger partial charge in [0.2, 0.25) is 0 Å².